The summed E-state index contributed by atoms with van der Waals surface area (Å²) in [6.45, 7) is 3.42. The number of piperidine rings is 1. The fraction of sp³-hybridized carbons (Fsp3) is 0.654. The van der Waals surface area contributed by atoms with Gasteiger partial charge in [-0.05, 0) is 62.6 Å². The number of rotatable bonds is 7. The maximum atomic E-state index is 13.0. The molecule has 0 unspecified atom stereocenters. The first-order valence-corrected chi connectivity index (χ1v) is 12.6. The molecule has 0 bridgehead atoms. The number of methoxy groups -OCH3 is 1. The third kappa shape index (κ3) is 8.34. The van der Waals surface area contributed by atoms with E-state index in [1.165, 1.54) is 19.3 Å². The standard InChI is InChI=1S/C24H36N2O4.C2HF3O2/c1-3-30-23(28)24(19-7-5-4-6-8-19)13-15-26(16-14-24)22(27)21(25)17-18-9-11-20(29-2)12-10-18;3-2(4,5)1(6)7/h9-12,19,21H,3-8,13-17,25H2,1-2H3;(H,6,7)/t21-;/m1./s1. The normalized spacial score (nSPS) is 18.7. The zero-order chi connectivity index (χ0) is 27.6. The van der Waals surface area contributed by atoms with Crippen LogP contribution in [0.15, 0.2) is 24.3 Å². The van der Waals surface area contributed by atoms with Crippen molar-refractivity contribution in [3.8, 4) is 5.75 Å². The van der Waals surface area contributed by atoms with Crippen molar-refractivity contribution in [1.82, 2.24) is 4.90 Å². The summed E-state index contributed by atoms with van der Waals surface area (Å²) >= 11 is 0. The van der Waals surface area contributed by atoms with Gasteiger partial charge in [-0.1, -0.05) is 31.4 Å². The molecule has 1 saturated carbocycles. The number of nitrogens with zero attached hydrogens (tertiary/aromatic N) is 1. The number of alkyl halides is 3. The van der Waals surface area contributed by atoms with Gasteiger partial charge in [0.05, 0.1) is 25.2 Å². The topological polar surface area (TPSA) is 119 Å². The molecule has 0 spiro atoms. The van der Waals surface area contributed by atoms with E-state index in [0.717, 1.165) is 24.2 Å². The van der Waals surface area contributed by atoms with Gasteiger partial charge in [0.2, 0.25) is 5.91 Å². The molecule has 2 aliphatic rings. The van der Waals surface area contributed by atoms with Gasteiger partial charge in [0, 0.05) is 13.1 Å². The Morgan fingerprint density at radius 3 is 2.11 bits per heavy atom. The Bertz CT molecular complexity index is 893. The predicted octanol–water partition coefficient (Wildman–Crippen LogP) is 3.95. The SMILES string of the molecule is CCOC(=O)C1(C2CCCCC2)CCN(C(=O)[C@H](N)Cc2ccc(OC)cc2)CC1.O=C(O)C(F)(F)F. The third-order valence-electron chi connectivity index (χ3n) is 7.21. The fourth-order valence-corrected chi connectivity index (χ4v) is 5.17. The second kappa shape index (κ2) is 13.6. The lowest BCUT2D eigenvalue weighted by molar-refractivity contribution is -0.192. The number of hydrogen-bond donors (Lipinski definition) is 2. The maximum Gasteiger partial charge on any atom is 0.490 e. The van der Waals surface area contributed by atoms with E-state index in [4.69, 9.17) is 25.1 Å². The fourth-order valence-electron chi connectivity index (χ4n) is 5.17. The van der Waals surface area contributed by atoms with Crippen molar-refractivity contribution in [3.05, 3.63) is 29.8 Å². The Balaban J connectivity index is 0.000000604. The van der Waals surface area contributed by atoms with Gasteiger partial charge in [0.15, 0.2) is 0 Å². The second-order valence-corrected chi connectivity index (χ2v) is 9.50. The zero-order valence-electron chi connectivity index (χ0n) is 21.4. The van der Waals surface area contributed by atoms with Crippen LogP contribution in [0.3, 0.4) is 0 Å². The van der Waals surface area contributed by atoms with Crippen molar-refractivity contribution in [2.24, 2.45) is 17.1 Å². The Morgan fingerprint density at radius 2 is 1.65 bits per heavy atom. The minimum Gasteiger partial charge on any atom is -0.497 e. The lowest BCUT2D eigenvalue weighted by atomic mass is 9.63. The minimum atomic E-state index is -5.08. The van der Waals surface area contributed by atoms with Gasteiger partial charge in [-0.15, -0.1) is 0 Å². The van der Waals surface area contributed by atoms with Crippen LogP contribution in [0.2, 0.25) is 0 Å². The molecule has 3 rings (SSSR count). The third-order valence-corrected chi connectivity index (χ3v) is 7.21. The Morgan fingerprint density at radius 1 is 1.11 bits per heavy atom. The van der Waals surface area contributed by atoms with Crippen LogP contribution in [0.1, 0.15) is 57.4 Å². The van der Waals surface area contributed by atoms with Gasteiger partial charge < -0.3 is 25.2 Å². The summed E-state index contributed by atoms with van der Waals surface area (Å²) in [5.74, 6) is -1.70. The van der Waals surface area contributed by atoms with Crippen LogP contribution in [0.5, 0.6) is 5.75 Å². The van der Waals surface area contributed by atoms with E-state index < -0.39 is 23.6 Å². The number of carbonyl (C=O) groups excluding carboxylic acids is 2. The van der Waals surface area contributed by atoms with Crippen LogP contribution in [0.25, 0.3) is 0 Å². The summed E-state index contributed by atoms with van der Waals surface area (Å²) in [5, 5.41) is 7.12. The van der Waals surface area contributed by atoms with E-state index in [2.05, 4.69) is 0 Å². The molecule has 1 atom stereocenters. The number of carboxylic acids is 1. The maximum absolute atomic E-state index is 13.0. The van der Waals surface area contributed by atoms with Crippen LogP contribution in [-0.4, -0.2) is 66.9 Å². The highest BCUT2D eigenvalue weighted by molar-refractivity contribution is 5.83. The minimum absolute atomic E-state index is 0.0353. The number of carbonyl (C=O) groups is 3. The number of carboxylic acid groups (broad SMARTS) is 1. The van der Waals surface area contributed by atoms with Crippen LogP contribution < -0.4 is 10.5 Å². The zero-order valence-corrected chi connectivity index (χ0v) is 21.4. The van der Waals surface area contributed by atoms with Crippen molar-refractivity contribution in [2.75, 3.05) is 26.8 Å². The van der Waals surface area contributed by atoms with E-state index >= 15 is 0 Å². The highest BCUT2D eigenvalue weighted by Crippen LogP contribution is 2.46. The largest absolute Gasteiger partial charge is 0.497 e. The first-order chi connectivity index (χ1) is 17.4. The van der Waals surface area contributed by atoms with Crippen molar-refractivity contribution < 1.29 is 42.1 Å². The van der Waals surface area contributed by atoms with Gasteiger partial charge in [0.25, 0.3) is 0 Å². The van der Waals surface area contributed by atoms with Gasteiger partial charge in [0.1, 0.15) is 5.75 Å². The molecule has 2 fully saturated rings. The molecule has 11 heteroatoms. The number of aliphatic carboxylic acids is 1. The molecule has 1 amide bonds. The summed E-state index contributed by atoms with van der Waals surface area (Å²) in [5.41, 5.74) is 6.83. The number of likely N-dealkylation sites (tertiary alicyclic amines) is 1. The number of esters is 1. The molecule has 1 aromatic carbocycles. The molecule has 1 aliphatic carbocycles. The van der Waals surface area contributed by atoms with Gasteiger partial charge >= 0.3 is 18.1 Å². The predicted molar refractivity (Wildman–Crippen MR) is 130 cm³/mol. The van der Waals surface area contributed by atoms with E-state index in [1.54, 1.807) is 7.11 Å². The van der Waals surface area contributed by atoms with Crippen LogP contribution in [0, 0.1) is 11.3 Å². The average Bonchev–Trinajstić information content (AvgIpc) is 2.89. The molecule has 1 heterocycles. The molecule has 8 nitrogen and oxygen atoms in total. The highest BCUT2D eigenvalue weighted by Gasteiger charge is 2.49. The van der Waals surface area contributed by atoms with Gasteiger partial charge in [-0.3, -0.25) is 9.59 Å². The summed E-state index contributed by atoms with van der Waals surface area (Å²) in [6, 6.07) is 7.06. The molecule has 0 radical (unpaired) electrons. The molecule has 1 aliphatic heterocycles. The van der Waals surface area contributed by atoms with Crippen molar-refractivity contribution >= 4 is 17.8 Å². The molecular formula is C26H37F3N2O6. The first kappa shape index (κ1) is 30.4. The van der Waals surface area contributed by atoms with Crippen molar-refractivity contribution in [1.29, 1.82) is 0 Å². The van der Waals surface area contributed by atoms with Gasteiger partial charge in [-0.25, -0.2) is 4.79 Å². The summed E-state index contributed by atoms with van der Waals surface area (Å²) < 4.78 is 42.4. The summed E-state index contributed by atoms with van der Waals surface area (Å²) in [7, 11) is 1.63. The first-order valence-electron chi connectivity index (χ1n) is 12.6. The highest BCUT2D eigenvalue weighted by atomic mass is 19.4. The Kier molecular flexibility index (Phi) is 11.2. The molecular weight excluding hydrogens is 493 g/mol. The van der Waals surface area contributed by atoms with E-state index in [-0.39, 0.29) is 11.9 Å². The van der Waals surface area contributed by atoms with Crippen molar-refractivity contribution in [3.63, 3.8) is 0 Å². The van der Waals surface area contributed by atoms with Crippen LogP contribution >= 0.6 is 0 Å². The smallest absolute Gasteiger partial charge is 0.490 e. The number of halogens is 3. The quantitative estimate of drug-likeness (QED) is 0.513. The average molecular weight is 531 g/mol. The molecule has 1 saturated heterocycles. The van der Waals surface area contributed by atoms with E-state index in [9.17, 15) is 22.8 Å². The molecule has 0 aromatic heterocycles. The van der Waals surface area contributed by atoms with Crippen molar-refractivity contribution in [2.45, 2.75) is 70.5 Å². The molecule has 208 valence electrons. The second-order valence-electron chi connectivity index (χ2n) is 9.50. The Labute approximate surface area is 215 Å². The monoisotopic (exact) mass is 530 g/mol. The molecule has 37 heavy (non-hydrogen) atoms. The number of ether oxygens (including phenoxy) is 2. The lowest BCUT2D eigenvalue weighted by Gasteiger charge is -2.46. The number of amides is 1. The van der Waals surface area contributed by atoms with Crippen LogP contribution in [-0.2, 0) is 25.5 Å². The number of benzene rings is 1. The molecule has 3 N–H and O–H groups in total. The van der Waals surface area contributed by atoms with E-state index in [1.807, 2.05) is 36.1 Å². The summed E-state index contributed by atoms with van der Waals surface area (Å²) in [4.78, 5) is 36.7. The van der Waals surface area contributed by atoms with Gasteiger partial charge in [-0.2, -0.15) is 13.2 Å². The van der Waals surface area contributed by atoms with Crippen LogP contribution in [0.4, 0.5) is 13.2 Å². The number of nitrogens with two attached hydrogens (primary N) is 1. The van der Waals surface area contributed by atoms with E-state index in [0.29, 0.717) is 44.9 Å². The Hall–Kier alpha value is -2.82. The summed E-state index contributed by atoms with van der Waals surface area (Å²) in [6.07, 6.45) is 2.55. The number of hydrogen-bond acceptors (Lipinski definition) is 6. The molecule has 1 aromatic rings. The lowest BCUT2D eigenvalue weighted by Crippen LogP contribution is -2.54.